The van der Waals surface area contributed by atoms with Gasteiger partial charge in [-0.15, -0.1) is 0 Å². The predicted molar refractivity (Wildman–Crippen MR) is 174 cm³/mol. The van der Waals surface area contributed by atoms with Crippen molar-refractivity contribution in [1.82, 2.24) is 14.8 Å². The minimum atomic E-state index is -0.968. The van der Waals surface area contributed by atoms with Gasteiger partial charge in [-0.2, -0.15) is 0 Å². The first kappa shape index (κ1) is 32.9. The van der Waals surface area contributed by atoms with Gasteiger partial charge in [-0.25, -0.2) is 9.79 Å². The molecule has 1 aliphatic heterocycles. The number of ether oxygens (including phenoxy) is 1. The summed E-state index contributed by atoms with van der Waals surface area (Å²) in [7, 11) is 5.22. The molecule has 4 aromatic rings. The Labute approximate surface area is 261 Å². The number of amides is 1. The Balaban J connectivity index is 0.000000854. The van der Waals surface area contributed by atoms with Crippen molar-refractivity contribution in [3.8, 4) is 5.88 Å². The number of esters is 1. The van der Waals surface area contributed by atoms with Crippen molar-refractivity contribution >= 4 is 45.8 Å². The molecule has 1 amide bonds. The van der Waals surface area contributed by atoms with Crippen LogP contribution in [-0.2, 0) is 14.3 Å². The van der Waals surface area contributed by atoms with Crippen LogP contribution < -0.4 is 10.6 Å². The molecule has 1 aliphatic rings. The van der Waals surface area contributed by atoms with Crippen LogP contribution in [0.3, 0.4) is 0 Å². The zero-order valence-electron chi connectivity index (χ0n) is 25.6. The van der Waals surface area contributed by atoms with Gasteiger partial charge in [0, 0.05) is 55.4 Å². The van der Waals surface area contributed by atoms with Gasteiger partial charge in [0.15, 0.2) is 5.88 Å². The lowest BCUT2D eigenvalue weighted by atomic mass is 10.00. The van der Waals surface area contributed by atoms with Crippen molar-refractivity contribution in [3.05, 3.63) is 89.5 Å². The molecule has 1 fully saturated rings. The number of aliphatic imine (C=N–C) groups is 1. The van der Waals surface area contributed by atoms with Gasteiger partial charge in [-0.3, -0.25) is 14.5 Å². The monoisotopic (exact) mass is 614 g/mol. The largest absolute Gasteiger partial charge is 0.494 e. The number of H-pyrrole nitrogens is 1. The molecule has 0 bridgehead atoms. The lowest BCUT2D eigenvalue weighted by Gasteiger charge is -2.32. The lowest BCUT2D eigenvalue weighted by Crippen LogP contribution is -2.48. The molecule has 45 heavy (non-hydrogen) atoms. The van der Waals surface area contributed by atoms with E-state index in [1.165, 1.54) is 7.11 Å². The van der Waals surface area contributed by atoms with E-state index in [0.717, 1.165) is 42.8 Å². The van der Waals surface area contributed by atoms with Crippen molar-refractivity contribution in [2.75, 3.05) is 65.4 Å². The first-order valence-electron chi connectivity index (χ1n) is 14.4. The Morgan fingerprint density at radius 2 is 1.62 bits per heavy atom. The molecule has 0 aliphatic carbocycles. The summed E-state index contributed by atoms with van der Waals surface area (Å²) < 4.78 is 4.83. The Bertz CT molecular complexity index is 1660. The number of carbonyl (C=O) groups excluding carboxylic acids is 2. The average molecular weight is 615 g/mol. The number of rotatable bonds is 8. The molecule has 2 heterocycles. The minimum Gasteiger partial charge on any atom is -0.494 e. The molecule has 3 aromatic carbocycles. The van der Waals surface area contributed by atoms with Crippen LogP contribution in [0.1, 0.15) is 21.5 Å². The van der Waals surface area contributed by atoms with E-state index in [1.807, 2.05) is 54.6 Å². The molecule has 12 nitrogen and oxygen atoms in total. The number of nitrogens with zero attached hydrogens (tertiary/aromatic N) is 4. The van der Waals surface area contributed by atoms with E-state index in [9.17, 15) is 19.5 Å². The Morgan fingerprint density at radius 3 is 2.22 bits per heavy atom. The third-order valence-corrected chi connectivity index (χ3v) is 7.47. The number of likely N-dealkylation sites (N-methyl/N-ethyl adjacent to an activating group) is 2. The first-order valence-corrected chi connectivity index (χ1v) is 14.4. The molecule has 236 valence electrons. The summed E-state index contributed by atoms with van der Waals surface area (Å²) in [6.07, 6.45) is 0. The Morgan fingerprint density at radius 1 is 0.978 bits per heavy atom. The van der Waals surface area contributed by atoms with Crippen molar-refractivity contribution in [2.24, 2.45) is 10.7 Å². The number of anilines is 1. The predicted octanol–water partition coefficient (Wildman–Crippen LogP) is 3.07. The van der Waals surface area contributed by atoms with Gasteiger partial charge in [0.1, 0.15) is 0 Å². The van der Waals surface area contributed by atoms with E-state index in [0.29, 0.717) is 34.6 Å². The summed E-state index contributed by atoms with van der Waals surface area (Å²) in [6, 6.07) is 22.2. The molecular formula is C33H38N6O6. The second-order valence-corrected chi connectivity index (χ2v) is 10.6. The number of carbonyl (C=O) groups is 3. The molecule has 5 N–H and O–H groups in total. The van der Waals surface area contributed by atoms with Crippen molar-refractivity contribution < 1.29 is 29.3 Å². The molecule has 0 atom stereocenters. The highest BCUT2D eigenvalue weighted by atomic mass is 16.5. The Hall–Kier alpha value is -5.04. The smallest absolute Gasteiger partial charge is 0.337 e. The number of aliphatic carboxylic acids is 1. The van der Waals surface area contributed by atoms with Crippen LogP contribution in [0.5, 0.6) is 5.88 Å². The maximum Gasteiger partial charge on any atom is 0.337 e. The second kappa shape index (κ2) is 15.1. The van der Waals surface area contributed by atoms with Crippen LogP contribution in [0.25, 0.3) is 10.9 Å². The zero-order chi connectivity index (χ0) is 32.5. The number of aromatic amines is 1. The number of nitrogens with two attached hydrogens (primary N) is 1. The van der Waals surface area contributed by atoms with Crippen LogP contribution in [0, 0.1) is 0 Å². The topological polar surface area (TPSA) is 165 Å². The number of carboxylic acids is 1. The number of aromatic hydroxyl groups is 1. The van der Waals surface area contributed by atoms with Crippen molar-refractivity contribution in [2.45, 2.75) is 0 Å². The van der Waals surface area contributed by atoms with Gasteiger partial charge in [-0.1, -0.05) is 36.4 Å². The van der Waals surface area contributed by atoms with Crippen molar-refractivity contribution in [3.63, 3.8) is 0 Å². The van der Waals surface area contributed by atoms with Gasteiger partial charge in [-0.05, 0) is 43.4 Å². The zero-order valence-corrected chi connectivity index (χ0v) is 25.6. The summed E-state index contributed by atoms with van der Waals surface area (Å²) in [5.41, 5.74) is 8.91. The summed E-state index contributed by atoms with van der Waals surface area (Å²) in [4.78, 5) is 48.2. The number of fused-ring (bicyclic) bond motifs is 1. The maximum atomic E-state index is 12.9. The summed E-state index contributed by atoms with van der Waals surface area (Å²) in [6.45, 7) is 3.81. The van der Waals surface area contributed by atoms with E-state index >= 15 is 0 Å². The van der Waals surface area contributed by atoms with Crippen LogP contribution in [0.4, 0.5) is 11.4 Å². The Kier molecular flexibility index (Phi) is 11.0. The fourth-order valence-electron chi connectivity index (χ4n) is 4.86. The number of carboxylic acid groups (broad SMARTS) is 1. The van der Waals surface area contributed by atoms with E-state index < -0.39 is 11.9 Å². The normalized spacial score (nSPS) is 14.0. The third-order valence-electron chi connectivity index (χ3n) is 7.47. The quantitative estimate of drug-likeness (QED) is 0.172. The highest BCUT2D eigenvalue weighted by Crippen LogP contribution is 2.32. The van der Waals surface area contributed by atoms with E-state index in [2.05, 4.69) is 27.6 Å². The SMILES string of the molecule is COC(=O)c1ccc2c(C(=Nc3ccc(N(C)C(=O)CN4CCN(C)CC4)cc3)c3ccccc3)c(O)[nH]c2c1.NCC(=O)O. The number of hydrogen-bond donors (Lipinski definition) is 4. The summed E-state index contributed by atoms with van der Waals surface area (Å²) in [5, 5.41) is 19.3. The number of benzene rings is 3. The van der Waals surface area contributed by atoms with Crippen molar-refractivity contribution in [1.29, 1.82) is 0 Å². The molecule has 1 aromatic heterocycles. The number of piperazine rings is 1. The first-order chi connectivity index (χ1) is 21.6. The molecule has 12 heteroatoms. The van der Waals surface area contributed by atoms with Gasteiger partial charge in [0.05, 0.1) is 42.7 Å². The van der Waals surface area contributed by atoms with E-state index in [-0.39, 0.29) is 18.3 Å². The van der Waals surface area contributed by atoms with Gasteiger partial charge >= 0.3 is 11.9 Å². The fraction of sp³-hybridized carbons (Fsp3) is 0.273. The van der Waals surface area contributed by atoms with E-state index in [4.69, 9.17) is 14.8 Å². The molecule has 0 unspecified atom stereocenters. The van der Waals surface area contributed by atoms with Gasteiger partial charge < -0.3 is 35.5 Å². The van der Waals surface area contributed by atoms with E-state index in [1.54, 1.807) is 30.1 Å². The molecule has 5 rings (SSSR count). The highest BCUT2D eigenvalue weighted by Gasteiger charge is 2.21. The average Bonchev–Trinajstić information content (AvgIpc) is 3.39. The fourth-order valence-corrected chi connectivity index (χ4v) is 4.86. The molecule has 1 saturated heterocycles. The second-order valence-electron chi connectivity index (χ2n) is 10.6. The molecule has 0 radical (unpaired) electrons. The number of nitrogens with one attached hydrogen (secondary N) is 1. The molecule has 0 saturated carbocycles. The summed E-state index contributed by atoms with van der Waals surface area (Å²) in [5.74, 6) is -1.43. The standard InChI is InChI=1S/C31H33N5O4.C2H5NO2/c1-34-15-17-36(18-16-34)20-27(37)35(2)24-12-10-23(11-13-24)32-29(21-7-5-4-6-8-21)28-25-14-9-22(31(39)40-3)19-26(25)33-30(28)38;3-1-2(4)5/h4-14,19,33,38H,15-18,20H2,1-3H3;1,3H2,(H,4,5). The summed E-state index contributed by atoms with van der Waals surface area (Å²) >= 11 is 0. The van der Waals surface area contributed by atoms with Gasteiger partial charge in [0.2, 0.25) is 5.91 Å². The number of aromatic nitrogens is 1. The van der Waals surface area contributed by atoms with Crippen LogP contribution in [-0.4, -0.2) is 109 Å². The van der Waals surface area contributed by atoms with Crippen LogP contribution in [0.2, 0.25) is 0 Å². The minimum absolute atomic E-state index is 0.0424. The van der Waals surface area contributed by atoms with Crippen LogP contribution in [0.15, 0.2) is 77.8 Å². The number of methoxy groups -OCH3 is 1. The van der Waals surface area contributed by atoms with Crippen LogP contribution >= 0.6 is 0 Å². The molecule has 0 spiro atoms. The number of hydrogen-bond acceptors (Lipinski definition) is 9. The maximum absolute atomic E-state index is 12.9. The van der Waals surface area contributed by atoms with Gasteiger partial charge in [0.25, 0.3) is 0 Å². The highest BCUT2D eigenvalue weighted by molar-refractivity contribution is 6.22. The third kappa shape index (κ3) is 8.32. The molecular weight excluding hydrogens is 576 g/mol. The lowest BCUT2D eigenvalue weighted by molar-refractivity contribution is -0.135.